The molecule has 4 heteroatoms. The molecule has 1 atom stereocenters. The van der Waals surface area contributed by atoms with Gasteiger partial charge < -0.3 is 15.0 Å². The number of carbonyl (C=O) groups excluding carboxylic acids is 1. The summed E-state index contributed by atoms with van der Waals surface area (Å²) in [5, 5.41) is 2.96. The van der Waals surface area contributed by atoms with Gasteiger partial charge in [0.05, 0.1) is 0 Å². The Morgan fingerprint density at radius 2 is 1.67 bits per heavy atom. The normalized spacial score (nSPS) is 14.5. The molecule has 0 fully saturated rings. The van der Waals surface area contributed by atoms with Gasteiger partial charge in [-0.15, -0.1) is 0 Å². The van der Waals surface area contributed by atoms with E-state index >= 15 is 0 Å². The van der Waals surface area contributed by atoms with Crippen molar-refractivity contribution in [2.24, 2.45) is 5.41 Å². The number of carbonyl (C=O) groups is 1. The Labute approximate surface area is 112 Å². The molecule has 0 aliphatic rings. The van der Waals surface area contributed by atoms with Crippen LogP contribution in [0.2, 0.25) is 0 Å². The first kappa shape index (κ1) is 17.2. The first-order valence-corrected chi connectivity index (χ1v) is 6.53. The predicted octanol–water partition coefficient (Wildman–Crippen LogP) is 2.88. The van der Waals surface area contributed by atoms with Crippen molar-refractivity contribution in [1.29, 1.82) is 0 Å². The number of likely N-dealkylation sites (N-methyl/N-ethyl adjacent to an activating group) is 1. The van der Waals surface area contributed by atoms with Crippen LogP contribution in [0.25, 0.3) is 0 Å². The molecule has 1 amide bonds. The van der Waals surface area contributed by atoms with Crippen molar-refractivity contribution in [2.45, 2.75) is 59.6 Å². The van der Waals surface area contributed by atoms with Crippen LogP contribution in [0, 0.1) is 5.41 Å². The van der Waals surface area contributed by atoms with Crippen LogP contribution in [0.5, 0.6) is 0 Å². The maximum atomic E-state index is 11.8. The molecule has 18 heavy (non-hydrogen) atoms. The first-order valence-electron chi connectivity index (χ1n) is 6.53. The van der Waals surface area contributed by atoms with E-state index in [4.69, 9.17) is 4.74 Å². The molecule has 0 saturated carbocycles. The molecule has 0 rings (SSSR count). The van der Waals surface area contributed by atoms with Gasteiger partial charge in [0.2, 0.25) is 0 Å². The Hall–Kier alpha value is -0.770. The number of rotatable bonds is 4. The second kappa shape index (κ2) is 6.41. The zero-order valence-corrected chi connectivity index (χ0v) is 13.3. The van der Waals surface area contributed by atoms with Crippen LogP contribution in [-0.4, -0.2) is 43.3 Å². The minimum atomic E-state index is -0.450. The van der Waals surface area contributed by atoms with Crippen molar-refractivity contribution in [2.75, 3.05) is 20.6 Å². The second-order valence-electron chi connectivity index (χ2n) is 7.37. The predicted molar refractivity (Wildman–Crippen MR) is 75.8 cm³/mol. The van der Waals surface area contributed by atoms with Crippen LogP contribution < -0.4 is 5.32 Å². The molecule has 0 aliphatic heterocycles. The largest absolute Gasteiger partial charge is 0.444 e. The van der Waals surface area contributed by atoms with Crippen molar-refractivity contribution in [3.8, 4) is 0 Å². The van der Waals surface area contributed by atoms with Crippen molar-refractivity contribution >= 4 is 6.09 Å². The molecule has 0 saturated heterocycles. The molecule has 4 nitrogen and oxygen atoms in total. The Bertz CT molecular complexity index is 262. The molecular weight excluding hydrogens is 228 g/mol. The van der Waals surface area contributed by atoms with Gasteiger partial charge in [-0.1, -0.05) is 20.8 Å². The van der Waals surface area contributed by atoms with E-state index in [1.54, 1.807) is 0 Å². The Morgan fingerprint density at radius 3 is 2.00 bits per heavy atom. The fraction of sp³-hybridized carbons (Fsp3) is 0.929. The molecule has 1 N–H and O–H groups in total. The lowest BCUT2D eigenvalue weighted by Crippen LogP contribution is -2.45. The molecule has 108 valence electrons. The zero-order chi connectivity index (χ0) is 14.6. The fourth-order valence-electron chi connectivity index (χ4n) is 1.82. The zero-order valence-electron chi connectivity index (χ0n) is 13.3. The average molecular weight is 258 g/mol. The van der Waals surface area contributed by atoms with Gasteiger partial charge in [0.1, 0.15) is 5.60 Å². The van der Waals surface area contributed by atoms with Crippen molar-refractivity contribution < 1.29 is 9.53 Å². The quantitative estimate of drug-likeness (QED) is 0.843. The summed E-state index contributed by atoms with van der Waals surface area (Å²) in [5.74, 6) is 0. The molecule has 0 heterocycles. The van der Waals surface area contributed by atoms with Crippen LogP contribution in [-0.2, 0) is 4.74 Å². The molecule has 0 aromatic heterocycles. The summed E-state index contributed by atoms with van der Waals surface area (Å²) >= 11 is 0. The number of amides is 1. The standard InChI is InChI=1S/C14H30N2O2/c1-13(2,3)9-11(10-16(7)8)15-12(17)18-14(4,5)6/h11H,9-10H2,1-8H3,(H,15,17)/t11-/m0/s1. The maximum Gasteiger partial charge on any atom is 0.407 e. The van der Waals surface area contributed by atoms with E-state index in [0.717, 1.165) is 13.0 Å². The van der Waals surface area contributed by atoms with E-state index < -0.39 is 5.60 Å². The van der Waals surface area contributed by atoms with Crippen LogP contribution in [0.3, 0.4) is 0 Å². The van der Waals surface area contributed by atoms with Gasteiger partial charge in [0, 0.05) is 12.6 Å². The monoisotopic (exact) mass is 258 g/mol. The summed E-state index contributed by atoms with van der Waals surface area (Å²) in [6.07, 6.45) is 0.586. The molecular formula is C14H30N2O2. The topological polar surface area (TPSA) is 41.6 Å². The third-order valence-electron chi connectivity index (χ3n) is 2.17. The molecule has 0 radical (unpaired) electrons. The van der Waals surface area contributed by atoms with Crippen LogP contribution in [0.1, 0.15) is 48.0 Å². The molecule has 0 spiro atoms. The highest BCUT2D eigenvalue weighted by Crippen LogP contribution is 2.21. The van der Waals surface area contributed by atoms with E-state index in [2.05, 4.69) is 31.0 Å². The van der Waals surface area contributed by atoms with E-state index in [9.17, 15) is 4.79 Å². The van der Waals surface area contributed by atoms with Crippen molar-refractivity contribution in [3.63, 3.8) is 0 Å². The summed E-state index contributed by atoms with van der Waals surface area (Å²) in [5.41, 5.74) is -0.274. The van der Waals surface area contributed by atoms with E-state index in [0.29, 0.717) is 0 Å². The minimum absolute atomic E-state index is 0.106. The minimum Gasteiger partial charge on any atom is -0.444 e. The molecule has 0 aromatic carbocycles. The van der Waals surface area contributed by atoms with Gasteiger partial charge in [-0.3, -0.25) is 0 Å². The summed E-state index contributed by atoms with van der Waals surface area (Å²) in [4.78, 5) is 13.9. The number of ether oxygens (including phenoxy) is 1. The first-order chi connectivity index (χ1) is 7.89. The summed E-state index contributed by atoms with van der Waals surface area (Å²) in [7, 11) is 4.01. The van der Waals surface area contributed by atoms with E-state index in [1.165, 1.54) is 0 Å². The maximum absolute atomic E-state index is 11.8. The smallest absolute Gasteiger partial charge is 0.407 e. The van der Waals surface area contributed by atoms with Crippen LogP contribution in [0.15, 0.2) is 0 Å². The SMILES string of the molecule is CN(C)C[C@H](CC(C)(C)C)NC(=O)OC(C)(C)C. The summed E-state index contributed by atoms with van der Waals surface area (Å²) < 4.78 is 5.30. The van der Waals surface area contributed by atoms with E-state index in [-0.39, 0.29) is 17.6 Å². The number of hydrogen-bond donors (Lipinski definition) is 1. The fourth-order valence-corrected chi connectivity index (χ4v) is 1.82. The number of nitrogens with one attached hydrogen (secondary N) is 1. The van der Waals surface area contributed by atoms with Crippen LogP contribution >= 0.6 is 0 Å². The number of alkyl carbamates (subject to hydrolysis) is 1. The van der Waals surface area contributed by atoms with Gasteiger partial charge >= 0.3 is 6.09 Å². The second-order valence-corrected chi connectivity index (χ2v) is 7.37. The number of nitrogens with zero attached hydrogens (tertiary/aromatic N) is 1. The van der Waals surface area contributed by atoms with Gasteiger partial charge in [-0.05, 0) is 46.7 Å². The highest BCUT2D eigenvalue weighted by Gasteiger charge is 2.23. The van der Waals surface area contributed by atoms with Gasteiger partial charge in [-0.2, -0.15) is 0 Å². The summed E-state index contributed by atoms with van der Waals surface area (Å²) in [6, 6.07) is 0.106. The number of hydrogen-bond acceptors (Lipinski definition) is 3. The van der Waals surface area contributed by atoms with Gasteiger partial charge in [0.15, 0.2) is 0 Å². The lowest BCUT2D eigenvalue weighted by Gasteiger charge is -2.30. The molecule has 0 aliphatic carbocycles. The van der Waals surface area contributed by atoms with Gasteiger partial charge in [-0.25, -0.2) is 4.79 Å². The van der Waals surface area contributed by atoms with Gasteiger partial charge in [0.25, 0.3) is 0 Å². The molecule has 0 unspecified atom stereocenters. The lowest BCUT2D eigenvalue weighted by atomic mass is 9.88. The third kappa shape index (κ3) is 10.4. The van der Waals surface area contributed by atoms with Crippen molar-refractivity contribution in [1.82, 2.24) is 10.2 Å². The van der Waals surface area contributed by atoms with E-state index in [1.807, 2.05) is 34.9 Å². The Kier molecular flexibility index (Phi) is 6.14. The Morgan fingerprint density at radius 1 is 1.17 bits per heavy atom. The molecule has 0 bridgehead atoms. The molecule has 0 aromatic rings. The highest BCUT2D eigenvalue weighted by molar-refractivity contribution is 5.68. The summed E-state index contributed by atoms with van der Waals surface area (Å²) in [6.45, 7) is 13.0. The van der Waals surface area contributed by atoms with Crippen LogP contribution in [0.4, 0.5) is 4.79 Å². The average Bonchev–Trinajstić information content (AvgIpc) is 1.92. The van der Waals surface area contributed by atoms with Crippen molar-refractivity contribution in [3.05, 3.63) is 0 Å². The Balaban J connectivity index is 4.45. The lowest BCUT2D eigenvalue weighted by molar-refractivity contribution is 0.0483. The third-order valence-corrected chi connectivity index (χ3v) is 2.17. The highest BCUT2D eigenvalue weighted by atomic mass is 16.6.